The number of hydrogen-bond acceptors (Lipinski definition) is 3. The number of nitrogens with zero attached hydrogens (tertiary/aromatic N) is 1. The van der Waals surface area contributed by atoms with Gasteiger partial charge in [0.1, 0.15) is 0 Å². The molecule has 0 bridgehead atoms. The van der Waals surface area contributed by atoms with Crippen molar-refractivity contribution in [1.82, 2.24) is 0 Å². The van der Waals surface area contributed by atoms with E-state index in [2.05, 4.69) is 0 Å². The second-order valence-electron chi connectivity index (χ2n) is 4.32. The molecule has 17 heavy (non-hydrogen) atoms. The van der Waals surface area contributed by atoms with Crippen LogP contribution >= 0.6 is 11.6 Å². The first-order valence-corrected chi connectivity index (χ1v) is 6.01. The van der Waals surface area contributed by atoms with E-state index in [1.165, 1.54) is 26.0 Å². The number of methoxy groups -OCH3 is 1. The van der Waals surface area contributed by atoms with Gasteiger partial charge in [-0.2, -0.15) is 0 Å². The van der Waals surface area contributed by atoms with Gasteiger partial charge in [-0.1, -0.05) is 6.07 Å². The molecular formula is C12H14ClNO3. The highest BCUT2D eigenvalue weighted by atomic mass is 35.5. The van der Waals surface area contributed by atoms with Crippen molar-refractivity contribution in [3.8, 4) is 5.75 Å². The Morgan fingerprint density at radius 2 is 2.29 bits per heavy atom. The molecule has 5 heteroatoms. The first kappa shape index (κ1) is 12.2. The molecule has 1 aliphatic rings. The van der Waals surface area contributed by atoms with Crippen LogP contribution in [0.15, 0.2) is 18.2 Å². The minimum atomic E-state index is -0.443. The number of nitro groups is 1. The fourth-order valence-corrected chi connectivity index (χ4v) is 2.28. The maximum Gasteiger partial charge on any atom is 0.310 e. The van der Waals surface area contributed by atoms with Crippen molar-refractivity contribution in [2.45, 2.75) is 24.6 Å². The van der Waals surface area contributed by atoms with Crippen molar-refractivity contribution in [3.63, 3.8) is 0 Å². The molecule has 1 saturated carbocycles. The number of rotatable bonds is 5. The molecule has 0 radical (unpaired) electrons. The van der Waals surface area contributed by atoms with Gasteiger partial charge in [-0.25, -0.2) is 0 Å². The Morgan fingerprint density at radius 1 is 1.59 bits per heavy atom. The van der Waals surface area contributed by atoms with Gasteiger partial charge in [-0.05, 0) is 36.8 Å². The summed E-state index contributed by atoms with van der Waals surface area (Å²) >= 11 is 6.24. The Kier molecular flexibility index (Phi) is 3.52. The standard InChI is InChI=1S/C12H14ClNO3/c1-17-12-7-8(2-5-11(12)14(15)16)6-10(13)9-3-4-9/h2,5,7,9-10H,3-4,6H2,1H3. The highest BCUT2D eigenvalue weighted by molar-refractivity contribution is 6.21. The fraction of sp³-hybridized carbons (Fsp3) is 0.500. The summed E-state index contributed by atoms with van der Waals surface area (Å²) in [5.74, 6) is 0.907. The van der Waals surface area contributed by atoms with Crippen LogP contribution in [0.3, 0.4) is 0 Å². The lowest BCUT2D eigenvalue weighted by Gasteiger charge is -2.09. The molecule has 1 aromatic carbocycles. The van der Waals surface area contributed by atoms with Crippen LogP contribution in [0.2, 0.25) is 0 Å². The number of benzene rings is 1. The predicted molar refractivity (Wildman–Crippen MR) is 65.7 cm³/mol. The van der Waals surface area contributed by atoms with E-state index in [4.69, 9.17) is 16.3 Å². The summed E-state index contributed by atoms with van der Waals surface area (Å²) < 4.78 is 5.02. The molecule has 0 aromatic heterocycles. The molecule has 2 rings (SSSR count). The van der Waals surface area contributed by atoms with Crippen LogP contribution in [0.4, 0.5) is 5.69 Å². The summed E-state index contributed by atoms with van der Waals surface area (Å²) in [5.41, 5.74) is 0.980. The highest BCUT2D eigenvalue weighted by Crippen LogP contribution is 2.38. The van der Waals surface area contributed by atoms with Crippen molar-refractivity contribution in [3.05, 3.63) is 33.9 Å². The summed E-state index contributed by atoms with van der Waals surface area (Å²) in [6, 6.07) is 4.93. The molecule has 1 unspecified atom stereocenters. The van der Waals surface area contributed by atoms with E-state index in [0.717, 1.165) is 12.0 Å². The van der Waals surface area contributed by atoms with Crippen molar-refractivity contribution in [2.24, 2.45) is 5.92 Å². The van der Waals surface area contributed by atoms with Gasteiger partial charge in [0.15, 0.2) is 5.75 Å². The minimum absolute atomic E-state index is 0.00575. The molecule has 0 spiro atoms. The van der Waals surface area contributed by atoms with E-state index in [1.54, 1.807) is 12.1 Å². The molecule has 1 fully saturated rings. The van der Waals surface area contributed by atoms with Crippen LogP contribution in [0, 0.1) is 16.0 Å². The van der Waals surface area contributed by atoms with E-state index in [1.807, 2.05) is 0 Å². The molecule has 0 heterocycles. The Bertz CT molecular complexity index is 432. The van der Waals surface area contributed by atoms with Gasteiger partial charge in [0.2, 0.25) is 0 Å². The Morgan fingerprint density at radius 3 is 2.82 bits per heavy atom. The Balaban J connectivity index is 2.15. The van der Waals surface area contributed by atoms with Crippen LogP contribution in [0.5, 0.6) is 5.75 Å². The number of alkyl halides is 1. The van der Waals surface area contributed by atoms with Gasteiger partial charge in [-0.3, -0.25) is 10.1 Å². The molecular weight excluding hydrogens is 242 g/mol. The summed E-state index contributed by atoms with van der Waals surface area (Å²) in [6.07, 6.45) is 3.12. The molecule has 0 N–H and O–H groups in total. The lowest BCUT2D eigenvalue weighted by Crippen LogP contribution is -2.06. The van der Waals surface area contributed by atoms with E-state index in [-0.39, 0.29) is 11.1 Å². The fourth-order valence-electron chi connectivity index (χ4n) is 1.85. The van der Waals surface area contributed by atoms with Gasteiger partial charge in [-0.15, -0.1) is 11.6 Å². The van der Waals surface area contributed by atoms with Crippen LogP contribution in [-0.2, 0) is 6.42 Å². The van der Waals surface area contributed by atoms with Crippen LogP contribution in [-0.4, -0.2) is 17.4 Å². The largest absolute Gasteiger partial charge is 0.490 e. The van der Waals surface area contributed by atoms with Crippen molar-refractivity contribution in [1.29, 1.82) is 0 Å². The lowest BCUT2D eigenvalue weighted by atomic mass is 10.1. The molecule has 0 saturated heterocycles. The number of hydrogen-bond donors (Lipinski definition) is 0. The molecule has 4 nitrogen and oxygen atoms in total. The van der Waals surface area contributed by atoms with E-state index in [9.17, 15) is 10.1 Å². The van der Waals surface area contributed by atoms with Gasteiger partial charge >= 0.3 is 5.69 Å². The maximum absolute atomic E-state index is 10.7. The first-order valence-electron chi connectivity index (χ1n) is 5.57. The summed E-state index contributed by atoms with van der Waals surface area (Å²) in [5, 5.41) is 10.9. The van der Waals surface area contributed by atoms with Crippen molar-refractivity contribution in [2.75, 3.05) is 7.11 Å². The van der Waals surface area contributed by atoms with E-state index in [0.29, 0.717) is 11.7 Å². The SMILES string of the molecule is COc1cc(CC(Cl)C2CC2)ccc1[N+](=O)[O-]. The molecule has 0 amide bonds. The van der Waals surface area contributed by atoms with Crippen molar-refractivity contribution < 1.29 is 9.66 Å². The van der Waals surface area contributed by atoms with Crippen molar-refractivity contribution >= 4 is 17.3 Å². The predicted octanol–water partition coefficient (Wildman–Crippen LogP) is 3.16. The van der Waals surface area contributed by atoms with Crippen LogP contribution in [0.1, 0.15) is 18.4 Å². The molecule has 92 valence electrons. The van der Waals surface area contributed by atoms with Crippen LogP contribution < -0.4 is 4.74 Å². The highest BCUT2D eigenvalue weighted by Gasteiger charge is 2.30. The second kappa shape index (κ2) is 4.92. The number of nitro benzene ring substituents is 1. The van der Waals surface area contributed by atoms with E-state index >= 15 is 0 Å². The number of halogens is 1. The zero-order valence-electron chi connectivity index (χ0n) is 9.56. The molecule has 1 aromatic rings. The Hall–Kier alpha value is -1.29. The average Bonchev–Trinajstić information content (AvgIpc) is 3.12. The summed E-state index contributed by atoms with van der Waals surface area (Å²) in [4.78, 5) is 10.3. The first-order chi connectivity index (χ1) is 8.11. The van der Waals surface area contributed by atoms with Gasteiger partial charge < -0.3 is 4.74 Å². The van der Waals surface area contributed by atoms with Gasteiger partial charge in [0.25, 0.3) is 0 Å². The van der Waals surface area contributed by atoms with Gasteiger partial charge in [0.05, 0.1) is 12.0 Å². The normalized spacial score (nSPS) is 16.6. The summed E-state index contributed by atoms with van der Waals surface area (Å²) in [7, 11) is 1.44. The molecule has 1 aliphatic carbocycles. The monoisotopic (exact) mass is 255 g/mol. The molecule has 1 atom stereocenters. The third-order valence-electron chi connectivity index (χ3n) is 3.01. The average molecular weight is 256 g/mol. The zero-order chi connectivity index (χ0) is 12.4. The van der Waals surface area contributed by atoms with Gasteiger partial charge in [0, 0.05) is 11.4 Å². The topological polar surface area (TPSA) is 52.4 Å². The third-order valence-corrected chi connectivity index (χ3v) is 3.52. The third kappa shape index (κ3) is 2.88. The zero-order valence-corrected chi connectivity index (χ0v) is 10.3. The maximum atomic E-state index is 10.7. The summed E-state index contributed by atoms with van der Waals surface area (Å²) in [6.45, 7) is 0. The van der Waals surface area contributed by atoms with E-state index < -0.39 is 4.92 Å². The van der Waals surface area contributed by atoms with Crippen LogP contribution in [0.25, 0.3) is 0 Å². The number of ether oxygens (including phenoxy) is 1. The molecule has 0 aliphatic heterocycles. The lowest BCUT2D eigenvalue weighted by molar-refractivity contribution is -0.385. The second-order valence-corrected chi connectivity index (χ2v) is 4.88. The minimum Gasteiger partial charge on any atom is -0.490 e. The Labute approximate surface area is 105 Å². The quantitative estimate of drug-likeness (QED) is 0.461. The smallest absolute Gasteiger partial charge is 0.310 e.